The molecule has 0 spiro atoms. The van der Waals surface area contributed by atoms with Crippen LogP contribution in [-0.4, -0.2) is 5.11 Å². The van der Waals surface area contributed by atoms with E-state index in [9.17, 15) is 9.50 Å². The van der Waals surface area contributed by atoms with Crippen LogP contribution < -0.4 is 5.32 Å². The SMILES string of the molecule is CC(C)(C)c1ccccc1NCc1cccc(F)c1O. The van der Waals surface area contributed by atoms with Crippen LogP contribution in [0.4, 0.5) is 10.1 Å². The molecule has 0 aliphatic heterocycles. The van der Waals surface area contributed by atoms with Crippen LogP contribution in [0.1, 0.15) is 31.9 Å². The van der Waals surface area contributed by atoms with Crippen molar-refractivity contribution in [2.75, 3.05) is 5.32 Å². The van der Waals surface area contributed by atoms with Gasteiger partial charge in [-0.1, -0.05) is 51.1 Å². The summed E-state index contributed by atoms with van der Waals surface area (Å²) < 4.78 is 13.3. The van der Waals surface area contributed by atoms with Crippen LogP contribution in [0.2, 0.25) is 0 Å². The van der Waals surface area contributed by atoms with Crippen LogP contribution >= 0.6 is 0 Å². The Morgan fingerprint density at radius 3 is 2.45 bits per heavy atom. The van der Waals surface area contributed by atoms with Crippen LogP contribution in [-0.2, 0) is 12.0 Å². The molecule has 0 atom stereocenters. The Labute approximate surface area is 119 Å². The van der Waals surface area contributed by atoms with Gasteiger partial charge < -0.3 is 10.4 Å². The second-order valence-corrected chi connectivity index (χ2v) is 5.90. The summed E-state index contributed by atoms with van der Waals surface area (Å²) in [6, 6.07) is 12.6. The zero-order valence-corrected chi connectivity index (χ0v) is 12.1. The van der Waals surface area contributed by atoms with Crippen molar-refractivity contribution in [3.05, 3.63) is 59.4 Å². The molecule has 0 saturated carbocycles. The van der Waals surface area contributed by atoms with Gasteiger partial charge in [0, 0.05) is 17.8 Å². The normalized spacial score (nSPS) is 11.4. The standard InChI is InChI=1S/C17H20FNO/c1-17(2,3)13-8-4-5-10-15(13)19-11-12-7-6-9-14(18)16(12)20/h4-10,19-20H,11H2,1-3H3. The summed E-state index contributed by atoms with van der Waals surface area (Å²) in [6.45, 7) is 6.82. The minimum Gasteiger partial charge on any atom is -0.505 e. The number of nitrogens with one attached hydrogen (secondary N) is 1. The number of benzene rings is 2. The smallest absolute Gasteiger partial charge is 0.165 e. The predicted octanol–water partition coefficient (Wildman–Crippen LogP) is 4.44. The van der Waals surface area contributed by atoms with Gasteiger partial charge in [-0.25, -0.2) is 4.39 Å². The molecule has 0 unspecified atom stereocenters. The van der Waals surface area contributed by atoms with E-state index < -0.39 is 5.82 Å². The predicted molar refractivity (Wildman–Crippen MR) is 80.5 cm³/mol. The van der Waals surface area contributed by atoms with E-state index in [-0.39, 0.29) is 11.2 Å². The lowest BCUT2D eigenvalue weighted by molar-refractivity contribution is 0.426. The summed E-state index contributed by atoms with van der Waals surface area (Å²) in [7, 11) is 0. The molecule has 0 aliphatic rings. The zero-order chi connectivity index (χ0) is 14.8. The number of rotatable bonds is 3. The highest BCUT2D eigenvalue weighted by molar-refractivity contribution is 5.54. The summed E-state index contributed by atoms with van der Waals surface area (Å²) in [5.74, 6) is -0.873. The van der Waals surface area contributed by atoms with E-state index in [0.29, 0.717) is 12.1 Å². The van der Waals surface area contributed by atoms with Gasteiger partial charge in [0.15, 0.2) is 11.6 Å². The fraction of sp³-hybridized carbons (Fsp3) is 0.294. The van der Waals surface area contributed by atoms with Crippen LogP contribution in [0.25, 0.3) is 0 Å². The van der Waals surface area contributed by atoms with Gasteiger partial charge in [0.25, 0.3) is 0 Å². The first-order valence-electron chi connectivity index (χ1n) is 6.69. The molecule has 2 aromatic carbocycles. The molecule has 2 nitrogen and oxygen atoms in total. The molecule has 0 heterocycles. The molecule has 0 aliphatic carbocycles. The van der Waals surface area contributed by atoms with E-state index in [1.54, 1.807) is 12.1 Å². The number of anilines is 1. The van der Waals surface area contributed by atoms with Crippen LogP contribution in [0.15, 0.2) is 42.5 Å². The van der Waals surface area contributed by atoms with Crippen molar-refractivity contribution in [3.8, 4) is 5.75 Å². The highest BCUT2D eigenvalue weighted by atomic mass is 19.1. The van der Waals surface area contributed by atoms with E-state index in [0.717, 1.165) is 5.69 Å². The molecule has 2 rings (SSSR count). The number of para-hydroxylation sites is 2. The quantitative estimate of drug-likeness (QED) is 0.866. The fourth-order valence-electron chi connectivity index (χ4n) is 2.18. The number of phenolic OH excluding ortho intramolecular Hbond substituents is 1. The number of halogens is 1. The highest BCUT2D eigenvalue weighted by Crippen LogP contribution is 2.30. The number of aromatic hydroxyl groups is 1. The molecule has 0 radical (unpaired) electrons. The van der Waals surface area contributed by atoms with Crippen molar-refractivity contribution in [3.63, 3.8) is 0 Å². The van der Waals surface area contributed by atoms with Crippen molar-refractivity contribution in [2.24, 2.45) is 0 Å². The van der Waals surface area contributed by atoms with Gasteiger partial charge in [-0.15, -0.1) is 0 Å². The van der Waals surface area contributed by atoms with Gasteiger partial charge in [-0.2, -0.15) is 0 Å². The second kappa shape index (κ2) is 5.53. The lowest BCUT2D eigenvalue weighted by Crippen LogP contribution is -2.14. The van der Waals surface area contributed by atoms with Crippen molar-refractivity contribution < 1.29 is 9.50 Å². The van der Waals surface area contributed by atoms with Gasteiger partial charge in [0.1, 0.15) is 0 Å². The van der Waals surface area contributed by atoms with Crippen LogP contribution in [0, 0.1) is 5.82 Å². The summed E-state index contributed by atoms with van der Waals surface area (Å²) in [4.78, 5) is 0. The third-order valence-electron chi connectivity index (χ3n) is 3.27. The molecule has 2 N–H and O–H groups in total. The average molecular weight is 273 g/mol. The molecule has 20 heavy (non-hydrogen) atoms. The van der Waals surface area contributed by atoms with E-state index in [1.165, 1.54) is 11.6 Å². The largest absolute Gasteiger partial charge is 0.505 e. The lowest BCUT2D eigenvalue weighted by Gasteiger charge is -2.23. The number of phenols is 1. The van der Waals surface area contributed by atoms with Crippen molar-refractivity contribution in [1.82, 2.24) is 0 Å². The summed E-state index contributed by atoms with van der Waals surface area (Å²) in [5.41, 5.74) is 2.77. The Morgan fingerprint density at radius 1 is 1.05 bits per heavy atom. The number of hydrogen-bond acceptors (Lipinski definition) is 2. The molecule has 0 aromatic heterocycles. The van der Waals surface area contributed by atoms with E-state index in [4.69, 9.17) is 0 Å². The third kappa shape index (κ3) is 3.10. The topological polar surface area (TPSA) is 32.3 Å². The molecule has 0 fully saturated rings. The Kier molecular flexibility index (Phi) is 3.98. The van der Waals surface area contributed by atoms with E-state index in [1.807, 2.05) is 18.2 Å². The minimum absolute atomic E-state index is 0.0214. The van der Waals surface area contributed by atoms with Crippen LogP contribution in [0.5, 0.6) is 5.75 Å². The van der Waals surface area contributed by atoms with Gasteiger partial charge in [0.05, 0.1) is 0 Å². The summed E-state index contributed by atoms with van der Waals surface area (Å²) >= 11 is 0. The average Bonchev–Trinajstić information content (AvgIpc) is 2.40. The number of hydrogen-bond donors (Lipinski definition) is 2. The molecule has 2 aromatic rings. The summed E-state index contributed by atoms with van der Waals surface area (Å²) in [5, 5.41) is 13.0. The Hall–Kier alpha value is -2.03. The molecule has 3 heteroatoms. The first-order valence-corrected chi connectivity index (χ1v) is 6.69. The maximum atomic E-state index is 13.3. The molecule has 0 bridgehead atoms. The first-order chi connectivity index (χ1) is 9.39. The third-order valence-corrected chi connectivity index (χ3v) is 3.27. The minimum atomic E-state index is -0.589. The molecule has 0 amide bonds. The van der Waals surface area contributed by atoms with Crippen LogP contribution in [0.3, 0.4) is 0 Å². The summed E-state index contributed by atoms with van der Waals surface area (Å²) in [6.07, 6.45) is 0. The van der Waals surface area contributed by atoms with Gasteiger partial charge in [-0.3, -0.25) is 0 Å². The Balaban J connectivity index is 2.22. The lowest BCUT2D eigenvalue weighted by atomic mass is 9.86. The van der Waals surface area contributed by atoms with Crippen molar-refractivity contribution in [2.45, 2.75) is 32.7 Å². The van der Waals surface area contributed by atoms with E-state index in [2.05, 4.69) is 32.2 Å². The van der Waals surface area contributed by atoms with E-state index >= 15 is 0 Å². The Morgan fingerprint density at radius 2 is 1.75 bits per heavy atom. The maximum absolute atomic E-state index is 13.3. The zero-order valence-electron chi connectivity index (χ0n) is 12.1. The maximum Gasteiger partial charge on any atom is 0.165 e. The van der Waals surface area contributed by atoms with Crippen molar-refractivity contribution >= 4 is 5.69 Å². The monoisotopic (exact) mass is 273 g/mol. The molecular weight excluding hydrogens is 253 g/mol. The molecule has 0 saturated heterocycles. The molecule has 106 valence electrons. The Bertz CT molecular complexity index is 602. The second-order valence-electron chi connectivity index (χ2n) is 5.90. The van der Waals surface area contributed by atoms with Crippen molar-refractivity contribution in [1.29, 1.82) is 0 Å². The van der Waals surface area contributed by atoms with Gasteiger partial charge in [-0.05, 0) is 23.1 Å². The van der Waals surface area contributed by atoms with Gasteiger partial charge in [0.2, 0.25) is 0 Å². The first kappa shape index (κ1) is 14.4. The fourth-order valence-corrected chi connectivity index (χ4v) is 2.18. The molecular formula is C17H20FNO. The highest BCUT2D eigenvalue weighted by Gasteiger charge is 2.17. The van der Waals surface area contributed by atoms with Gasteiger partial charge >= 0.3 is 0 Å².